The standard InChI is InChI=1S/C20H36N4O2/c1-6-21-19(22-13-17-10-8-9-11-24(17)7-2)23-14-20(5,25)18-12-15(3)26-16(18)4/h12,17,25H,6-11,13-14H2,1-5H3,(H2,21,22,23). The molecule has 2 heterocycles. The van der Waals surface area contributed by atoms with Gasteiger partial charge in [0.1, 0.15) is 17.1 Å². The summed E-state index contributed by atoms with van der Waals surface area (Å²) in [6, 6.07) is 2.45. The SMILES string of the molecule is CCNC(=NCC(C)(O)c1cc(C)oc1C)NCC1CCCCN1CC. The molecule has 6 nitrogen and oxygen atoms in total. The first kappa shape index (κ1) is 20.8. The number of hydrogen-bond acceptors (Lipinski definition) is 4. The van der Waals surface area contributed by atoms with Crippen LogP contribution < -0.4 is 10.6 Å². The van der Waals surface area contributed by atoms with Crippen molar-refractivity contribution in [3.05, 3.63) is 23.2 Å². The lowest BCUT2D eigenvalue weighted by molar-refractivity contribution is 0.0656. The third-order valence-corrected chi connectivity index (χ3v) is 5.17. The van der Waals surface area contributed by atoms with Crippen LogP contribution in [0, 0.1) is 13.8 Å². The molecule has 2 unspecified atom stereocenters. The summed E-state index contributed by atoms with van der Waals surface area (Å²) in [4.78, 5) is 7.17. The molecule has 0 aliphatic carbocycles. The number of rotatable bonds is 7. The Kier molecular flexibility index (Phi) is 7.53. The van der Waals surface area contributed by atoms with Crippen LogP contribution in [0.2, 0.25) is 0 Å². The summed E-state index contributed by atoms with van der Waals surface area (Å²) in [6.45, 7) is 14.1. The lowest BCUT2D eigenvalue weighted by atomic mass is 9.96. The molecule has 26 heavy (non-hydrogen) atoms. The average Bonchev–Trinajstić information content (AvgIpc) is 2.97. The van der Waals surface area contributed by atoms with Gasteiger partial charge in [0.2, 0.25) is 0 Å². The number of aliphatic imine (C=N–C) groups is 1. The van der Waals surface area contributed by atoms with Crippen molar-refractivity contribution in [3.63, 3.8) is 0 Å². The number of likely N-dealkylation sites (N-methyl/N-ethyl adjacent to an activating group) is 1. The van der Waals surface area contributed by atoms with Crippen molar-refractivity contribution >= 4 is 5.96 Å². The van der Waals surface area contributed by atoms with E-state index in [1.807, 2.05) is 19.9 Å². The second-order valence-corrected chi connectivity index (χ2v) is 7.46. The number of likely N-dealkylation sites (tertiary alicyclic amines) is 1. The molecule has 0 spiro atoms. The zero-order valence-corrected chi connectivity index (χ0v) is 17.1. The van der Waals surface area contributed by atoms with Gasteiger partial charge in [-0.3, -0.25) is 4.90 Å². The van der Waals surface area contributed by atoms with Crippen LogP contribution in [-0.4, -0.2) is 54.7 Å². The normalized spacial score (nSPS) is 21.5. The summed E-state index contributed by atoms with van der Waals surface area (Å²) in [6.07, 6.45) is 3.82. The summed E-state index contributed by atoms with van der Waals surface area (Å²) in [7, 11) is 0. The fourth-order valence-corrected chi connectivity index (χ4v) is 3.75. The van der Waals surface area contributed by atoms with E-state index in [9.17, 15) is 5.11 Å². The van der Waals surface area contributed by atoms with E-state index >= 15 is 0 Å². The number of furan rings is 1. The van der Waals surface area contributed by atoms with Crippen LogP contribution >= 0.6 is 0 Å². The second-order valence-electron chi connectivity index (χ2n) is 7.46. The Morgan fingerprint density at radius 3 is 2.73 bits per heavy atom. The number of guanidine groups is 1. The lowest BCUT2D eigenvalue weighted by Gasteiger charge is -2.35. The van der Waals surface area contributed by atoms with Crippen LogP contribution in [0.1, 0.15) is 57.1 Å². The molecule has 2 rings (SSSR count). The predicted molar refractivity (Wildman–Crippen MR) is 107 cm³/mol. The van der Waals surface area contributed by atoms with Gasteiger partial charge in [-0.1, -0.05) is 13.3 Å². The smallest absolute Gasteiger partial charge is 0.191 e. The minimum atomic E-state index is -1.05. The van der Waals surface area contributed by atoms with E-state index in [1.165, 1.54) is 25.8 Å². The molecule has 1 aliphatic heterocycles. The molecule has 0 radical (unpaired) electrons. The number of hydrogen-bond donors (Lipinski definition) is 3. The maximum Gasteiger partial charge on any atom is 0.191 e. The highest BCUT2D eigenvalue weighted by molar-refractivity contribution is 5.79. The van der Waals surface area contributed by atoms with E-state index in [4.69, 9.17) is 4.42 Å². The second kappa shape index (κ2) is 9.42. The number of aliphatic hydroxyl groups is 1. The Hall–Kier alpha value is -1.53. The van der Waals surface area contributed by atoms with Crippen molar-refractivity contribution < 1.29 is 9.52 Å². The summed E-state index contributed by atoms with van der Waals surface area (Å²) in [5.74, 6) is 2.32. The Bertz CT molecular complexity index is 595. The van der Waals surface area contributed by atoms with E-state index in [-0.39, 0.29) is 6.54 Å². The van der Waals surface area contributed by atoms with E-state index in [0.717, 1.165) is 42.7 Å². The fourth-order valence-electron chi connectivity index (χ4n) is 3.75. The number of nitrogens with zero attached hydrogens (tertiary/aromatic N) is 2. The van der Waals surface area contributed by atoms with Crippen molar-refractivity contribution in [2.75, 3.05) is 32.7 Å². The van der Waals surface area contributed by atoms with Crippen LogP contribution in [0.4, 0.5) is 0 Å². The van der Waals surface area contributed by atoms with E-state index < -0.39 is 5.60 Å². The molecule has 148 valence electrons. The third-order valence-electron chi connectivity index (χ3n) is 5.17. The summed E-state index contributed by atoms with van der Waals surface area (Å²) >= 11 is 0. The maximum atomic E-state index is 10.9. The molecule has 2 atom stereocenters. The molecule has 1 fully saturated rings. The van der Waals surface area contributed by atoms with Crippen LogP contribution in [0.15, 0.2) is 15.5 Å². The lowest BCUT2D eigenvalue weighted by Crippen LogP contribution is -2.49. The Morgan fingerprint density at radius 2 is 2.12 bits per heavy atom. The van der Waals surface area contributed by atoms with E-state index in [2.05, 4.69) is 34.4 Å². The van der Waals surface area contributed by atoms with E-state index in [1.54, 1.807) is 6.92 Å². The van der Waals surface area contributed by atoms with Crippen LogP contribution in [0.3, 0.4) is 0 Å². The zero-order valence-electron chi connectivity index (χ0n) is 17.1. The van der Waals surface area contributed by atoms with Crippen molar-refractivity contribution in [3.8, 4) is 0 Å². The molecule has 0 amide bonds. The van der Waals surface area contributed by atoms with Crippen molar-refractivity contribution in [1.82, 2.24) is 15.5 Å². The monoisotopic (exact) mass is 364 g/mol. The molecule has 6 heteroatoms. The number of aryl methyl sites for hydroxylation is 2. The van der Waals surface area contributed by atoms with Crippen LogP contribution in [-0.2, 0) is 5.60 Å². The van der Waals surface area contributed by atoms with Gasteiger partial charge in [0, 0.05) is 24.7 Å². The van der Waals surface area contributed by atoms with Gasteiger partial charge in [-0.25, -0.2) is 4.99 Å². The summed E-state index contributed by atoms with van der Waals surface area (Å²) in [5, 5.41) is 17.6. The van der Waals surface area contributed by atoms with Gasteiger partial charge in [-0.05, 0) is 59.7 Å². The quantitative estimate of drug-likeness (QED) is 0.512. The first-order valence-corrected chi connectivity index (χ1v) is 9.93. The molecular formula is C20H36N4O2. The molecule has 0 aromatic carbocycles. The molecule has 1 aromatic rings. The van der Waals surface area contributed by atoms with Crippen LogP contribution in [0.25, 0.3) is 0 Å². The Labute approximate surface area is 158 Å². The summed E-state index contributed by atoms with van der Waals surface area (Å²) in [5.41, 5.74) is -0.246. The predicted octanol–water partition coefficient (Wildman–Crippen LogP) is 2.53. The van der Waals surface area contributed by atoms with Gasteiger partial charge in [-0.2, -0.15) is 0 Å². The average molecular weight is 365 g/mol. The summed E-state index contributed by atoms with van der Waals surface area (Å²) < 4.78 is 5.56. The minimum absolute atomic E-state index is 0.282. The van der Waals surface area contributed by atoms with Crippen molar-refractivity contribution in [2.24, 2.45) is 4.99 Å². The first-order chi connectivity index (χ1) is 12.4. The molecule has 1 aliphatic rings. The molecule has 0 saturated carbocycles. The largest absolute Gasteiger partial charge is 0.466 e. The van der Waals surface area contributed by atoms with Gasteiger partial charge < -0.3 is 20.2 Å². The molecule has 1 saturated heterocycles. The minimum Gasteiger partial charge on any atom is -0.466 e. The Morgan fingerprint density at radius 1 is 1.35 bits per heavy atom. The molecule has 3 N–H and O–H groups in total. The topological polar surface area (TPSA) is 73.0 Å². The Balaban J connectivity index is 2.00. The van der Waals surface area contributed by atoms with Gasteiger partial charge in [0.05, 0.1) is 6.54 Å². The highest BCUT2D eigenvalue weighted by Gasteiger charge is 2.28. The van der Waals surface area contributed by atoms with Gasteiger partial charge >= 0.3 is 0 Å². The van der Waals surface area contributed by atoms with Crippen molar-refractivity contribution in [1.29, 1.82) is 0 Å². The molecular weight excluding hydrogens is 328 g/mol. The van der Waals surface area contributed by atoms with Gasteiger partial charge in [0.15, 0.2) is 5.96 Å². The number of piperidine rings is 1. The highest BCUT2D eigenvalue weighted by Crippen LogP contribution is 2.27. The van der Waals surface area contributed by atoms with Gasteiger partial charge in [-0.15, -0.1) is 0 Å². The third kappa shape index (κ3) is 5.48. The fraction of sp³-hybridized carbons (Fsp3) is 0.750. The van der Waals surface area contributed by atoms with Gasteiger partial charge in [0.25, 0.3) is 0 Å². The highest BCUT2D eigenvalue weighted by atomic mass is 16.3. The first-order valence-electron chi connectivity index (χ1n) is 9.93. The molecule has 0 bridgehead atoms. The van der Waals surface area contributed by atoms with Crippen molar-refractivity contribution in [2.45, 2.75) is 65.5 Å². The molecule has 1 aromatic heterocycles. The van der Waals surface area contributed by atoms with E-state index in [0.29, 0.717) is 6.04 Å². The van der Waals surface area contributed by atoms with Crippen LogP contribution in [0.5, 0.6) is 0 Å². The zero-order chi connectivity index (χ0) is 19.2. The maximum absolute atomic E-state index is 10.9. The number of nitrogens with one attached hydrogen (secondary N) is 2.